The van der Waals surface area contributed by atoms with Crippen molar-refractivity contribution in [3.05, 3.63) is 59.2 Å². The number of carbonyl (C=O) groups is 1. The summed E-state index contributed by atoms with van der Waals surface area (Å²) in [6.07, 6.45) is 0.468. The largest absolute Gasteiger partial charge is 0.479 e. The molecule has 0 saturated heterocycles. The fourth-order valence-corrected chi connectivity index (χ4v) is 3.15. The maximum absolute atomic E-state index is 11.3. The Bertz CT molecular complexity index is 741. The predicted molar refractivity (Wildman–Crippen MR) is 91.9 cm³/mol. The lowest BCUT2D eigenvalue weighted by Crippen LogP contribution is -2.23. The van der Waals surface area contributed by atoms with Crippen molar-refractivity contribution in [1.29, 1.82) is 0 Å². The molecule has 3 rings (SSSR count). The van der Waals surface area contributed by atoms with Crippen LogP contribution in [0.2, 0.25) is 0 Å². The Kier molecular flexibility index (Phi) is 4.43. The lowest BCUT2D eigenvalue weighted by atomic mass is 9.92. The number of benzene rings is 2. The van der Waals surface area contributed by atoms with E-state index in [4.69, 9.17) is 4.74 Å². The van der Waals surface area contributed by atoms with Crippen molar-refractivity contribution in [3.63, 3.8) is 0 Å². The smallest absolute Gasteiger partial charge is 0.337 e. The number of carboxylic acids is 1. The lowest BCUT2D eigenvalue weighted by Gasteiger charge is -2.23. The normalized spacial score (nSPS) is 17.4. The van der Waals surface area contributed by atoms with Gasteiger partial charge in [-0.25, -0.2) is 4.79 Å². The Hall–Kier alpha value is -2.17. The quantitative estimate of drug-likeness (QED) is 0.904. The molecule has 0 aromatic heterocycles. The van der Waals surface area contributed by atoms with E-state index in [2.05, 4.69) is 6.07 Å². The van der Waals surface area contributed by atoms with Crippen molar-refractivity contribution < 1.29 is 19.7 Å². The Morgan fingerprint density at radius 1 is 1.17 bits per heavy atom. The molecule has 1 aliphatic rings. The van der Waals surface area contributed by atoms with Crippen molar-refractivity contribution in [2.75, 3.05) is 6.61 Å². The van der Waals surface area contributed by atoms with Gasteiger partial charge in [0, 0.05) is 6.42 Å². The molecule has 0 aliphatic carbocycles. The topological polar surface area (TPSA) is 66.8 Å². The van der Waals surface area contributed by atoms with Crippen LogP contribution in [0.25, 0.3) is 11.1 Å². The molecule has 1 heterocycles. The number of hydrogen-bond donors (Lipinski definition) is 2. The first-order valence-electron chi connectivity index (χ1n) is 8.12. The van der Waals surface area contributed by atoms with Crippen LogP contribution in [0, 0.1) is 0 Å². The third-order valence-corrected chi connectivity index (χ3v) is 4.23. The molecular formula is C20H22O4. The summed E-state index contributed by atoms with van der Waals surface area (Å²) >= 11 is 0. The van der Waals surface area contributed by atoms with E-state index in [1.54, 1.807) is 13.8 Å². The SMILES string of the molecule is CC(C)(O)Cc1ccc(-c2ccc3c(c2)CCOC3C(=O)O)cc1. The minimum absolute atomic E-state index is 0.429. The number of aliphatic hydroxyl groups is 1. The van der Waals surface area contributed by atoms with Gasteiger partial charge in [-0.05, 0) is 48.1 Å². The van der Waals surface area contributed by atoms with E-state index in [0.29, 0.717) is 13.0 Å². The van der Waals surface area contributed by atoms with Crippen LogP contribution in [0.4, 0.5) is 0 Å². The summed E-state index contributed by atoms with van der Waals surface area (Å²) < 4.78 is 5.35. The summed E-state index contributed by atoms with van der Waals surface area (Å²) in [6, 6.07) is 14.0. The van der Waals surface area contributed by atoms with Crippen molar-refractivity contribution in [3.8, 4) is 11.1 Å². The van der Waals surface area contributed by atoms with E-state index >= 15 is 0 Å². The van der Waals surface area contributed by atoms with Gasteiger partial charge in [0.15, 0.2) is 6.10 Å². The maximum atomic E-state index is 11.3. The minimum atomic E-state index is -0.945. The van der Waals surface area contributed by atoms with Crippen molar-refractivity contribution >= 4 is 5.97 Å². The van der Waals surface area contributed by atoms with Gasteiger partial charge in [0.25, 0.3) is 0 Å². The predicted octanol–water partition coefficient (Wildman–Crippen LogP) is 3.37. The molecule has 1 aliphatic heterocycles. The van der Waals surface area contributed by atoms with Crippen LogP contribution in [-0.2, 0) is 22.4 Å². The molecule has 0 bridgehead atoms. The first-order valence-corrected chi connectivity index (χ1v) is 8.12. The van der Waals surface area contributed by atoms with Crippen LogP contribution >= 0.6 is 0 Å². The summed E-state index contributed by atoms with van der Waals surface area (Å²) in [5.74, 6) is -0.945. The molecule has 2 aromatic rings. The summed E-state index contributed by atoms with van der Waals surface area (Å²) in [4.78, 5) is 11.3. The second kappa shape index (κ2) is 6.38. The zero-order chi connectivity index (χ0) is 17.3. The highest BCUT2D eigenvalue weighted by molar-refractivity contribution is 5.76. The third-order valence-electron chi connectivity index (χ3n) is 4.23. The lowest BCUT2D eigenvalue weighted by molar-refractivity contribution is -0.151. The molecule has 1 unspecified atom stereocenters. The van der Waals surface area contributed by atoms with Gasteiger partial charge in [-0.1, -0.05) is 42.5 Å². The van der Waals surface area contributed by atoms with Crippen LogP contribution in [0.3, 0.4) is 0 Å². The molecule has 0 spiro atoms. The summed E-state index contributed by atoms with van der Waals surface area (Å²) in [6.45, 7) is 4.02. The molecule has 126 valence electrons. The molecule has 2 N–H and O–H groups in total. The average Bonchev–Trinajstić information content (AvgIpc) is 2.53. The van der Waals surface area contributed by atoms with E-state index in [1.807, 2.05) is 36.4 Å². The fourth-order valence-electron chi connectivity index (χ4n) is 3.15. The van der Waals surface area contributed by atoms with Crippen LogP contribution < -0.4 is 0 Å². The van der Waals surface area contributed by atoms with Crippen LogP contribution in [-0.4, -0.2) is 28.4 Å². The number of hydrogen-bond acceptors (Lipinski definition) is 3. The zero-order valence-corrected chi connectivity index (χ0v) is 14.0. The first kappa shape index (κ1) is 16.7. The average molecular weight is 326 g/mol. The highest BCUT2D eigenvalue weighted by atomic mass is 16.5. The molecule has 0 fully saturated rings. The standard InChI is InChI=1S/C20H22O4/c1-20(2,23)12-13-3-5-14(6-4-13)15-7-8-17-16(11-15)9-10-24-18(17)19(21)22/h3-8,11,18,23H,9-10,12H2,1-2H3,(H,21,22). The van der Waals surface area contributed by atoms with Gasteiger partial charge < -0.3 is 14.9 Å². The van der Waals surface area contributed by atoms with E-state index in [-0.39, 0.29) is 0 Å². The van der Waals surface area contributed by atoms with E-state index in [0.717, 1.165) is 34.2 Å². The Morgan fingerprint density at radius 2 is 1.83 bits per heavy atom. The molecule has 1 atom stereocenters. The monoisotopic (exact) mass is 326 g/mol. The molecule has 0 saturated carbocycles. The molecule has 0 amide bonds. The number of rotatable bonds is 4. The Morgan fingerprint density at radius 3 is 2.46 bits per heavy atom. The molecule has 4 heteroatoms. The maximum Gasteiger partial charge on any atom is 0.337 e. The highest BCUT2D eigenvalue weighted by Gasteiger charge is 2.27. The number of fused-ring (bicyclic) bond motifs is 1. The van der Waals surface area contributed by atoms with Crippen LogP contribution in [0.1, 0.15) is 36.6 Å². The zero-order valence-electron chi connectivity index (χ0n) is 14.0. The minimum Gasteiger partial charge on any atom is -0.479 e. The summed E-state index contributed by atoms with van der Waals surface area (Å²) in [7, 11) is 0. The second-order valence-corrected chi connectivity index (χ2v) is 6.94. The second-order valence-electron chi connectivity index (χ2n) is 6.94. The van der Waals surface area contributed by atoms with Crippen molar-refractivity contribution in [1.82, 2.24) is 0 Å². The van der Waals surface area contributed by atoms with Gasteiger partial charge >= 0.3 is 5.97 Å². The third kappa shape index (κ3) is 3.66. The molecule has 4 nitrogen and oxygen atoms in total. The molecule has 24 heavy (non-hydrogen) atoms. The van der Waals surface area contributed by atoms with Gasteiger partial charge in [0.2, 0.25) is 0 Å². The van der Waals surface area contributed by atoms with Crippen LogP contribution in [0.5, 0.6) is 0 Å². The fraction of sp³-hybridized carbons (Fsp3) is 0.350. The van der Waals surface area contributed by atoms with Crippen molar-refractivity contribution in [2.45, 2.75) is 38.4 Å². The number of carboxylic acid groups (broad SMARTS) is 1. The molecule has 0 radical (unpaired) electrons. The van der Waals surface area contributed by atoms with Gasteiger partial charge in [0.05, 0.1) is 12.2 Å². The number of aliphatic carboxylic acids is 1. The summed E-state index contributed by atoms with van der Waals surface area (Å²) in [5, 5.41) is 19.1. The van der Waals surface area contributed by atoms with Crippen LogP contribution in [0.15, 0.2) is 42.5 Å². The van der Waals surface area contributed by atoms with Gasteiger partial charge in [-0.3, -0.25) is 0 Å². The van der Waals surface area contributed by atoms with Gasteiger partial charge in [-0.15, -0.1) is 0 Å². The van der Waals surface area contributed by atoms with E-state index < -0.39 is 17.7 Å². The van der Waals surface area contributed by atoms with E-state index in [1.165, 1.54) is 0 Å². The summed E-state index contributed by atoms with van der Waals surface area (Å²) in [5.41, 5.74) is 4.29. The molecular weight excluding hydrogens is 304 g/mol. The Balaban J connectivity index is 1.87. The Labute approximate surface area is 141 Å². The highest BCUT2D eigenvalue weighted by Crippen LogP contribution is 2.31. The number of ether oxygens (including phenoxy) is 1. The molecule has 2 aromatic carbocycles. The van der Waals surface area contributed by atoms with Crippen molar-refractivity contribution in [2.24, 2.45) is 0 Å². The van der Waals surface area contributed by atoms with Gasteiger partial charge in [-0.2, -0.15) is 0 Å². The first-order chi connectivity index (χ1) is 11.3. The van der Waals surface area contributed by atoms with Gasteiger partial charge in [0.1, 0.15) is 0 Å². The van der Waals surface area contributed by atoms with E-state index in [9.17, 15) is 15.0 Å².